The zero-order valence-corrected chi connectivity index (χ0v) is 16.8. The van der Waals surface area contributed by atoms with E-state index in [0.29, 0.717) is 10.6 Å². The molecule has 0 unspecified atom stereocenters. The minimum Gasteiger partial charge on any atom is -0.451 e. The van der Waals surface area contributed by atoms with Crippen LogP contribution in [0.2, 0.25) is 0 Å². The number of carbonyl (C=O) groups excluding carboxylic acids is 2. The van der Waals surface area contributed by atoms with Crippen molar-refractivity contribution in [2.24, 2.45) is 0 Å². The molecule has 0 saturated carbocycles. The molecule has 0 aliphatic heterocycles. The molecule has 1 amide bonds. The highest BCUT2D eigenvalue weighted by atomic mass is 32.1. The van der Waals surface area contributed by atoms with Crippen LogP contribution in [0.25, 0.3) is 15.9 Å². The van der Waals surface area contributed by atoms with E-state index in [4.69, 9.17) is 4.74 Å². The van der Waals surface area contributed by atoms with Crippen LogP contribution in [0, 0.1) is 12.7 Å². The second-order valence-electron chi connectivity index (χ2n) is 6.64. The molecule has 0 fully saturated rings. The highest BCUT2D eigenvalue weighted by Gasteiger charge is 2.19. The van der Waals surface area contributed by atoms with Crippen molar-refractivity contribution in [3.05, 3.63) is 46.7 Å². The van der Waals surface area contributed by atoms with Gasteiger partial charge in [-0.25, -0.2) is 13.9 Å². The summed E-state index contributed by atoms with van der Waals surface area (Å²) in [5, 5.41) is 8.08. The largest absolute Gasteiger partial charge is 0.451 e. The molecule has 0 aliphatic rings. The highest BCUT2D eigenvalue weighted by Crippen LogP contribution is 2.30. The van der Waals surface area contributed by atoms with Crippen LogP contribution in [-0.2, 0) is 9.53 Å². The molecule has 1 aromatic carbocycles. The molecule has 1 N–H and O–H groups in total. The Bertz CT molecular complexity index is 994. The number of benzene rings is 1. The molecule has 28 heavy (non-hydrogen) atoms. The molecule has 0 bridgehead atoms. The van der Waals surface area contributed by atoms with Gasteiger partial charge in [0.15, 0.2) is 6.61 Å². The summed E-state index contributed by atoms with van der Waals surface area (Å²) in [6.45, 7) is 5.48. The molecule has 148 valence electrons. The number of carbonyl (C=O) groups is 2. The van der Waals surface area contributed by atoms with Crippen molar-refractivity contribution >= 4 is 33.4 Å². The number of thiophene rings is 1. The van der Waals surface area contributed by atoms with E-state index >= 15 is 0 Å². The van der Waals surface area contributed by atoms with Crippen molar-refractivity contribution in [2.45, 2.75) is 39.7 Å². The fourth-order valence-electron chi connectivity index (χ4n) is 2.93. The third kappa shape index (κ3) is 4.39. The Hall–Kier alpha value is -2.74. The van der Waals surface area contributed by atoms with Crippen LogP contribution < -0.4 is 5.32 Å². The number of rotatable bonds is 7. The predicted octanol–water partition coefficient (Wildman–Crippen LogP) is 4.00. The standard InChI is InChI=1S/C20H22FN3O3S/c1-4-5-12(2)22-18(25)11-27-20(26)17-10-16-13(3)23-24(19(16)28-17)15-8-6-14(21)7-9-15/h6-10,12H,4-5,11H2,1-3H3,(H,22,25)/t12-/m1/s1. The molecule has 0 radical (unpaired) electrons. The molecular weight excluding hydrogens is 381 g/mol. The minimum atomic E-state index is -0.551. The first-order valence-electron chi connectivity index (χ1n) is 9.10. The Morgan fingerprint density at radius 1 is 1.32 bits per heavy atom. The van der Waals surface area contributed by atoms with E-state index in [1.807, 2.05) is 20.8 Å². The molecule has 0 saturated heterocycles. The Morgan fingerprint density at radius 2 is 2.04 bits per heavy atom. The number of ether oxygens (including phenoxy) is 1. The Morgan fingerprint density at radius 3 is 2.71 bits per heavy atom. The number of aromatic nitrogens is 2. The van der Waals surface area contributed by atoms with Crippen LogP contribution in [0.15, 0.2) is 30.3 Å². The van der Waals surface area contributed by atoms with Gasteiger partial charge in [-0.1, -0.05) is 13.3 Å². The fourth-order valence-corrected chi connectivity index (χ4v) is 4.01. The second kappa shape index (κ2) is 8.52. The van der Waals surface area contributed by atoms with Gasteiger partial charge in [0.05, 0.1) is 11.4 Å². The van der Waals surface area contributed by atoms with Crippen LogP contribution in [0.3, 0.4) is 0 Å². The monoisotopic (exact) mass is 403 g/mol. The van der Waals surface area contributed by atoms with E-state index in [1.54, 1.807) is 22.9 Å². The van der Waals surface area contributed by atoms with Gasteiger partial charge in [-0.3, -0.25) is 4.79 Å². The van der Waals surface area contributed by atoms with Crippen LogP contribution in [-0.4, -0.2) is 34.3 Å². The molecular formula is C20H22FN3O3S. The molecule has 6 nitrogen and oxygen atoms in total. The SMILES string of the molecule is CCC[C@@H](C)NC(=O)COC(=O)c1cc2c(C)nn(-c3ccc(F)cc3)c2s1. The van der Waals surface area contributed by atoms with E-state index in [9.17, 15) is 14.0 Å². The van der Waals surface area contributed by atoms with Gasteiger partial charge in [0, 0.05) is 11.4 Å². The summed E-state index contributed by atoms with van der Waals surface area (Å²) in [5.41, 5.74) is 1.45. The summed E-state index contributed by atoms with van der Waals surface area (Å²) in [7, 11) is 0. The van der Waals surface area contributed by atoms with E-state index in [2.05, 4.69) is 10.4 Å². The first kappa shape index (κ1) is 20.0. The van der Waals surface area contributed by atoms with Crippen molar-refractivity contribution in [1.82, 2.24) is 15.1 Å². The molecule has 2 heterocycles. The third-order valence-electron chi connectivity index (χ3n) is 4.28. The summed E-state index contributed by atoms with van der Waals surface area (Å²) in [4.78, 5) is 25.4. The number of halogens is 1. The number of nitrogens with zero attached hydrogens (tertiary/aromatic N) is 2. The lowest BCUT2D eigenvalue weighted by molar-refractivity contribution is -0.124. The van der Waals surface area contributed by atoms with E-state index in [0.717, 1.165) is 28.8 Å². The third-order valence-corrected chi connectivity index (χ3v) is 5.37. The van der Waals surface area contributed by atoms with Crippen molar-refractivity contribution in [1.29, 1.82) is 0 Å². The van der Waals surface area contributed by atoms with Gasteiger partial charge in [0.25, 0.3) is 5.91 Å². The van der Waals surface area contributed by atoms with Gasteiger partial charge in [-0.2, -0.15) is 5.10 Å². The van der Waals surface area contributed by atoms with Crippen molar-refractivity contribution in [3.8, 4) is 5.69 Å². The Kier molecular flexibility index (Phi) is 6.08. The summed E-state index contributed by atoms with van der Waals surface area (Å²) in [6.07, 6.45) is 1.84. The Balaban J connectivity index is 1.73. The van der Waals surface area contributed by atoms with Crippen LogP contribution in [0.4, 0.5) is 4.39 Å². The van der Waals surface area contributed by atoms with E-state index in [1.165, 1.54) is 23.5 Å². The maximum Gasteiger partial charge on any atom is 0.348 e. The van der Waals surface area contributed by atoms with Crippen LogP contribution in [0.5, 0.6) is 0 Å². The molecule has 0 aliphatic carbocycles. The smallest absolute Gasteiger partial charge is 0.348 e. The minimum absolute atomic E-state index is 0.0462. The summed E-state index contributed by atoms with van der Waals surface area (Å²) in [5.74, 6) is -1.19. The van der Waals surface area contributed by atoms with Gasteiger partial charge in [-0.05, 0) is 50.6 Å². The zero-order valence-electron chi connectivity index (χ0n) is 16.0. The summed E-state index contributed by atoms with van der Waals surface area (Å²) < 4.78 is 20.0. The lowest BCUT2D eigenvalue weighted by atomic mass is 10.2. The number of hydrogen-bond donors (Lipinski definition) is 1. The first-order chi connectivity index (χ1) is 13.4. The van der Waals surface area contributed by atoms with E-state index in [-0.39, 0.29) is 24.4 Å². The number of hydrogen-bond acceptors (Lipinski definition) is 5. The van der Waals surface area contributed by atoms with Crippen LogP contribution >= 0.6 is 11.3 Å². The predicted molar refractivity (Wildman–Crippen MR) is 106 cm³/mol. The van der Waals surface area contributed by atoms with Gasteiger partial charge >= 0.3 is 5.97 Å². The number of nitrogens with one attached hydrogen (secondary N) is 1. The molecule has 3 aromatic rings. The normalized spacial score (nSPS) is 12.1. The molecule has 3 rings (SSSR count). The van der Waals surface area contributed by atoms with Gasteiger partial charge in [0.1, 0.15) is 15.5 Å². The topological polar surface area (TPSA) is 73.2 Å². The maximum atomic E-state index is 13.2. The number of amides is 1. The van der Waals surface area contributed by atoms with Gasteiger partial charge in [0.2, 0.25) is 0 Å². The summed E-state index contributed by atoms with van der Waals surface area (Å²) in [6, 6.07) is 7.73. The molecule has 8 heteroatoms. The van der Waals surface area contributed by atoms with Crippen LogP contribution in [0.1, 0.15) is 42.1 Å². The van der Waals surface area contributed by atoms with Crippen molar-refractivity contribution in [3.63, 3.8) is 0 Å². The average molecular weight is 403 g/mol. The van der Waals surface area contributed by atoms with Gasteiger partial charge < -0.3 is 10.1 Å². The molecule has 1 atom stereocenters. The lowest BCUT2D eigenvalue weighted by Gasteiger charge is -2.12. The number of aryl methyl sites for hydroxylation is 1. The average Bonchev–Trinajstić information content (AvgIpc) is 3.21. The zero-order chi connectivity index (χ0) is 20.3. The molecule has 2 aromatic heterocycles. The highest BCUT2D eigenvalue weighted by molar-refractivity contribution is 7.20. The van der Waals surface area contributed by atoms with Crippen molar-refractivity contribution in [2.75, 3.05) is 6.61 Å². The fraction of sp³-hybridized carbons (Fsp3) is 0.350. The number of fused-ring (bicyclic) bond motifs is 1. The number of esters is 1. The summed E-state index contributed by atoms with van der Waals surface area (Å²) >= 11 is 1.23. The van der Waals surface area contributed by atoms with E-state index < -0.39 is 5.97 Å². The maximum absolute atomic E-state index is 13.2. The second-order valence-corrected chi connectivity index (χ2v) is 7.67. The first-order valence-corrected chi connectivity index (χ1v) is 9.92. The Labute approximate surface area is 166 Å². The lowest BCUT2D eigenvalue weighted by Crippen LogP contribution is -2.35. The molecule has 0 spiro atoms. The van der Waals surface area contributed by atoms with Crippen molar-refractivity contribution < 1.29 is 18.7 Å². The van der Waals surface area contributed by atoms with Gasteiger partial charge in [-0.15, -0.1) is 11.3 Å². The quantitative estimate of drug-likeness (QED) is 0.605.